The Bertz CT molecular complexity index is 769. The van der Waals surface area contributed by atoms with Crippen LogP contribution in [0.2, 0.25) is 0 Å². The van der Waals surface area contributed by atoms with E-state index in [1.54, 1.807) is 39.8 Å². The van der Waals surface area contributed by atoms with Crippen LogP contribution in [0.4, 0.5) is 4.79 Å². The third kappa shape index (κ3) is 9.36. The third-order valence-electron chi connectivity index (χ3n) is 3.41. The van der Waals surface area contributed by atoms with Crippen molar-refractivity contribution >= 4 is 32.0 Å². The molecule has 160 valence electrons. The fourth-order valence-corrected chi connectivity index (χ4v) is 4.01. The van der Waals surface area contributed by atoms with Gasteiger partial charge in [-0.1, -0.05) is 22.0 Å². The topological polar surface area (TPSA) is 93.7 Å². The highest BCUT2D eigenvalue weighted by Gasteiger charge is 2.28. The molecule has 0 saturated carbocycles. The molecule has 28 heavy (non-hydrogen) atoms. The minimum atomic E-state index is -3.75. The first-order valence-corrected chi connectivity index (χ1v) is 11.3. The summed E-state index contributed by atoms with van der Waals surface area (Å²) < 4.78 is 39.6. The highest BCUT2D eigenvalue weighted by atomic mass is 79.9. The first-order chi connectivity index (χ1) is 12.6. The summed E-state index contributed by atoms with van der Waals surface area (Å²) in [4.78, 5) is 12.3. The van der Waals surface area contributed by atoms with Crippen LogP contribution in [-0.4, -0.2) is 44.4 Å². The lowest BCUT2D eigenvalue weighted by Crippen LogP contribution is -2.52. The lowest BCUT2D eigenvalue weighted by Gasteiger charge is -2.32. The van der Waals surface area contributed by atoms with Gasteiger partial charge in [0.2, 0.25) is 10.0 Å². The van der Waals surface area contributed by atoms with Gasteiger partial charge in [-0.3, -0.25) is 0 Å². The largest absolute Gasteiger partial charge is 0.444 e. The van der Waals surface area contributed by atoms with Gasteiger partial charge in [0, 0.05) is 11.0 Å². The molecule has 1 aromatic carbocycles. The molecule has 0 radical (unpaired) electrons. The number of alkyl carbamates (subject to hydrolysis) is 1. The van der Waals surface area contributed by atoms with Crippen molar-refractivity contribution < 1.29 is 22.7 Å². The standard InChI is InChI=1S/C19H31BrN2O5S/c1-13(26-18(2,3)4)16(22-17(23)27-19(5,6)7)12-21-28(24,25)15-10-8-9-14(20)11-15/h8-11,13,16,21H,12H2,1-7H3,(H,22,23)/t13-,16-/m1/s1. The normalized spacial score (nSPS) is 15.0. The molecule has 1 rings (SSSR count). The zero-order valence-corrected chi connectivity index (χ0v) is 19.9. The van der Waals surface area contributed by atoms with Crippen LogP contribution in [0.1, 0.15) is 48.5 Å². The van der Waals surface area contributed by atoms with Gasteiger partial charge in [-0.15, -0.1) is 0 Å². The molecule has 0 heterocycles. The quantitative estimate of drug-likeness (QED) is 0.620. The average molecular weight is 479 g/mol. The fraction of sp³-hybridized carbons (Fsp3) is 0.632. The van der Waals surface area contributed by atoms with Crippen LogP contribution in [0, 0.1) is 0 Å². The van der Waals surface area contributed by atoms with E-state index < -0.39 is 39.5 Å². The van der Waals surface area contributed by atoms with Crippen LogP contribution in [0.25, 0.3) is 0 Å². The Morgan fingerprint density at radius 1 is 1.14 bits per heavy atom. The second-order valence-electron chi connectivity index (χ2n) is 8.50. The molecular formula is C19H31BrN2O5S. The molecule has 0 saturated heterocycles. The van der Waals surface area contributed by atoms with Gasteiger partial charge < -0.3 is 14.8 Å². The summed E-state index contributed by atoms with van der Waals surface area (Å²) in [5.41, 5.74) is -1.13. The lowest BCUT2D eigenvalue weighted by atomic mass is 10.1. The first-order valence-electron chi connectivity index (χ1n) is 9.02. The maximum Gasteiger partial charge on any atom is 0.408 e. The maximum atomic E-state index is 12.6. The van der Waals surface area contributed by atoms with E-state index in [4.69, 9.17) is 9.47 Å². The summed E-state index contributed by atoms with van der Waals surface area (Å²) in [6, 6.07) is 5.76. The summed E-state index contributed by atoms with van der Waals surface area (Å²) in [5, 5.41) is 2.71. The number of benzene rings is 1. The van der Waals surface area contributed by atoms with Gasteiger partial charge in [-0.25, -0.2) is 17.9 Å². The van der Waals surface area contributed by atoms with Crippen molar-refractivity contribution in [1.82, 2.24) is 10.0 Å². The number of sulfonamides is 1. The molecule has 0 spiro atoms. The molecular weight excluding hydrogens is 448 g/mol. The molecule has 1 aromatic rings. The van der Waals surface area contributed by atoms with Crippen molar-refractivity contribution in [3.05, 3.63) is 28.7 Å². The van der Waals surface area contributed by atoms with E-state index in [9.17, 15) is 13.2 Å². The van der Waals surface area contributed by atoms with Crippen molar-refractivity contribution in [2.75, 3.05) is 6.54 Å². The smallest absolute Gasteiger partial charge is 0.408 e. The summed E-state index contributed by atoms with van der Waals surface area (Å²) in [5.74, 6) is 0. The predicted octanol–water partition coefficient (Wildman–Crippen LogP) is 3.82. The van der Waals surface area contributed by atoms with E-state index in [0.717, 1.165) is 0 Å². The molecule has 7 nitrogen and oxygen atoms in total. The summed E-state index contributed by atoms with van der Waals surface area (Å²) in [6.07, 6.45) is -1.10. The van der Waals surface area contributed by atoms with Gasteiger partial charge >= 0.3 is 6.09 Å². The van der Waals surface area contributed by atoms with Crippen molar-refractivity contribution in [2.24, 2.45) is 0 Å². The molecule has 0 bridgehead atoms. The highest BCUT2D eigenvalue weighted by molar-refractivity contribution is 9.10. The van der Waals surface area contributed by atoms with Crippen molar-refractivity contribution in [2.45, 2.75) is 76.7 Å². The predicted molar refractivity (Wildman–Crippen MR) is 113 cm³/mol. The second-order valence-corrected chi connectivity index (χ2v) is 11.2. The number of amides is 1. The first kappa shape index (κ1) is 24.9. The maximum absolute atomic E-state index is 12.6. The lowest BCUT2D eigenvalue weighted by molar-refractivity contribution is -0.0660. The number of nitrogens with one attached hydrogen (secondary N) is 2. The Morgan fingerprint density at radius 3 is 2.25 bits per heavy atom. The molecule has 0 unspecified atom stereocenters. The van der Waals surface area contributed by atoms with Crippen LogP contribution in [0.5, 0.6) is 0 Å². The molecule has 0 aliphatic carbocycles. The van der Waals surface area contributed by atoms with Crippen LogP contribution in [0.15, 0.2) is 33.6 Å². The fourth-order valence-electron chi connectivity index (χ4n) is 2.35. The van der Waals surface area contributed by atoms with Crippen molar-refractivity contribution in [1.29, 1.82) is 0 Å². The third-order valence-corrected chi connectivity index (χ3v) is 5.32. The van der Waals surface area contributed by atoms with Gasteiger partial charge in [0.1, 0.15) is 5.60 Å². The number of halogens is 1. The SMILES string of the molecule is C[C@@H](OC(C)(C)C)[C@@H](CNS(=O)(=O)c1cccc(Br)c1)NC(=O)OC(C)(C)C. The molecule has 0 aliphatic rings. The molecule has 0 fully saturated rings. The Balaban J connectivity index is 2.93. The Kier molecular flexibility index (Phi) is 8.49. The van der Waals surface area contributed by atoms with Crippen LogP contribution < -0.4 is 10.0 Å². The number of hydrogen-bond donors (Lipinski definition) is 2. The number of ether oxygens (including phenoxy) is 2. The summed E-state index contributed by atoms with van der Waals surface area (Å²) in [6.45, 7) is 12.7. The minimum Gasteiger partial charge on any atom is -0.444 e. The van der Waals surface area contributed by atoms with Crippen LogP contribution in [0.3, 0.4) is 0 Å². The highest BCUT2D eigenvalue weighted by Crippen LogP contribution is 2.17. The number of carbonyl (C=O) groups is 1. The number of rotatable bonds is 7. The summed E-state index contributed by atoms with van der Waals surface area (Å²) in [7, 11) is -3.75. The van der Waals surface area contributed by atoms with E-state index in [1.807, 2.05) is 20.8 Å². The summed E-state index contributed by atoms with van der Waals surface area (Å²) >= 11 is 3.27. The molecule has 2 atom stereocenters. The Labute approximate surface area is 176 Å². The van der Waals surface area contributed by atoms with E-state index in [1.165, 1.54) is 12.1 Å². The van der Waals surface area contributed by atoms with E-state index in [2.05, 4.69) is 26.0 Å². The second kappa shape index (κ2) is 9.56. The van der Waals surface area contributed by atoms with E-state index in [0.29, 0.717) is 4.47 Å². The van der Waals surface area contributed by atoms with E-state index >= 15 is 0 Å². The van der Waals surface area contributed by atoms with Gasteiger partial charge in [0.15, 0.2) is 0 Å². The molecule has 0 aliphatic heterocycles. The van der Waals surface area contributed by atoms with Gasteiger partial charge in [-0.2, -0.15) is 0 Å². The zero-order chi connectivity index (χ0) is 21.8. The van der Waals surface area contributed by atoms with Crippen LogP contribution in [-0.2, 0) is 19.5 Å². The van der Waals surface area contributed by atoms with Crippen LogP contribution >= 0.6 is 15.9 Å². The van der Waals surface area contributed by atoms with Crippen molar-refractivity contribution in [3.8, 4) is 0 Å². The van der Waals surface area contributed by atoms with Gasteiger partial charge in [-0.05, 0) is 66.7 Å². The monoisotopic (exact) mass is 478 g/mol. The van der Waals surface area contributed by atoms with Gasteiger partial charge in [0.05, 0.1) is 22.6 Å². The zero-order valence-electron chi connectivity index (χ0n) is 17.5. The van der Waals surface area contributed by atoms with E-state index in [-0.39, 0.29) is 11.4 Å². The van der Waals surface area contributed by atoms with Crippen molar-refractivity contribution in [3.63, 3.8) is 0 Å². The molecule has 9 heteroatoms. The average Bonchev–Trinajstić information content (AvgIpc) is 2.47. The Morgan fingerprint density at radius 2 is 1.75 bits per heavy atom. The molecule has 0 aromatic heterocycles. The Hall–Kier alpha value is -1.16. The molecule has 2 N–H and O–H groups in total. The van der Waals surface area contributed by atoms with Gasteiger partial charge in [0.25, 0.3) is 0 Å². The number of carbonyl (C=O) groups excluding carboxylic acids is 1. The number of hydrogen-bond acceptors (Lipinski definition) is 5. The molecule has 1 amide bonds. The minimum absolute atomic E-state index is 0.0503.